The molecule has 0 saturated carbocycles. The van der Waals surface area contributed by atoms with Gasteiger partial charge in [-0.05, 0) is 23.8 Å². The van der Waals surface area contributed by atoms with E-state index in [1.54, 1.807) is 4.90 Å². The second-order valence-corrected chi connectivity index (χ2v) is 9.46. The molecule has 8 heteroatoms. The zero-order chi connectivity index (χ0) is 22.3. The summed E-state index contributed by atoms with van der Waals surface area (Å²) in [5, 5.41) is 0. The van der Waals surface area contributed by atoms with E-state index < -0.39 is 0 Å². The van der Waals surface area contributed by atoms with E-state index >= 15 is 0 Å². The molecule has 0 spiro atoms. The van der Waals surface area contributed by atoms with Crippen LogP contribution in [0.1, 0.15) is 17.7 Å². The smallest absolute Gasteiger partial charge is 0.266 e. The van der Waals surface area contributed by atoms with Crippen molar-refractivity contribution in [3.8, 4) is 0 Å². The minimum atomic E-state index is -0.115. The van der Waals surface area contributed by atoms with E-state index in [4.69, 9.17) is 12.2 Å². The van der Waals surface area contributed by atoms with Gasteiger partial charge in [-0.15, -0.1) is 0 Å². The number of carbonyl (C=O) groups excluding carboxylic acids is 2. The number of pyridine rings is 1. The second-order valence-electron chi connectivity index (χ2n) is 7.79. The molecule has 2 amide bonds. The highest BCUT2D eigenvalue weighted by atomic mass is 32.2. The number of piperazine rings is 1. The van der Waals surface area contributed by atoms with Gasteiger partial charge in [0.15, 0.2) is 0 Å². The van der Waals surface area contributed by atoms with Crippen molar-refractivity contribution in [1.29, 1.82) is 0 Å². The lowest BCUT2D eigenvalue weighted by Crippen LogP contribution is -2.49. The largest absolute Gasteiger partial charge is 0.340 e. The van der Waals surface area contributed by atoms with Gasteiger partial charge in [0.2, 0.25) is 5.91 Å². The summed E-state index contributed by atoms with van der Waals surface area (Å²) in [4.78, 5) is 36.3. The predicted octanol–water partition coefficient (Wildman–Crippen LogP) is 3.06. The molecule has 2 aliphatic heterocycles. The number of aromatic nitrogens is 1. The summed E-state index contributed by atoms with van der Waals surface area (Å²) < 4.78 is 0.518. The van der Waals surface area contributed by atoms with Crippen LogP contribution in [0.3, 0.4) is 0 Å². The topological polar surface area (TPSA) is 56.8 Å². The number of benzene rings is 1. The average Bonchev–Trinajstić information content (AvgIpc) is 3.09. The molecule has 2 aromatic rings. The van der Waals surface area contributed by atoms with Crippen molar-refractivity contribution < 1.29 is 9.59 Å². The van der Waals surface area contributed by atoms with Crippen molar-refractivity contribution >= 4 is 46.2 Å². The first-order chi connectivity index (χ1) is 15.6. The molecular weight excluding hydrogens is 440 g/mol. The first-order valence-electron chi connectivity index (χ1n) is 10.8. The Morgan fingerprint density at radius 3 is 2.50 bits per heavy atom. The Morgan fingerprint density at radius 1 is 1.03 bits per heavy atom. The molecule has 0 bridgehead atoms. The molecular formula is C24H26N4O2S2. The molecule has 3 heterocycles. The molecule has 0 unspecified atom stereocenters. The number of thiocarbonyl (C=S) groups is 1. The Hall–Kier alpha value is -2.55. The van der Waals surface area contributed by atoms with Crippen molar-refractivity contribution in [1.82, 2.24) is 19.7 Å². The van der Waals surface area contributed by atoms with Crippen LogP contribution in [0.25, 0.3) is 6.08 Å². The average molecular weight is 467 g/mol. The quantitative estimate of drug-likeness (QED) is 0.462. The summed E-state index contributed by atoms with van der Waals surface area (Å²) in [5.41, 5.74) is 2.06. The normalized spacial score (nSPS) is 18.6. The van der Waals surface area contributed by atoms with E-state index in [-0.39, 0.29) is 11.8 Å². The van der Waals surface area contributed by atoms with Gasteiger partial charge in [-0.1, -0.05) is 60.4 Å². The summed E-state index contributed by atoms with van der Waals surface area (Å²) in [6.07, 6.45) is 4.88. The third kappa shape index (κ3) is 5.82. The molecule has 32 heavy (non-hydrogen) atoms. The summed E-state index contributed by atoms with van der Waals surface area (Å²) in [7, 11) is 0. The van der Waals surface area contributed by atoms with Gasteiger partial charge in [0.1, 0.15) is 4.32 Å². The Morgan fingerprint density at radius 2 is 1.78 bits per heavy atom. The van der Waals surface area contributed by atoms with E-state index in [1.807, 2.05) is 65.7 Å². The SMILES string of the molecule is O=C(CCN1C(=O)C(=Cc2ccccc2)SC1=S)N1CCN(CCc2ccccn2)CC1. The Bertz CT molecular complexity index is 990. The van der Waals surface area contributed by atoms with E-state index in [2.05, 4.69) is 9.88 Å². The number of hydrogen-bond acceptors (Lipinski definition) is 6. The maximum atomic E-state index is 12.8. The van der Waals surface area contributed by atoms with Crippen molar-refractivity contribution in [2.24, 2.45) is 0 Å². The maximum absolute atomic E-state index is 12.8. The maximum Gasteiger partial charge on any atom is 0.266 e. The molecule has 2 aliphatic rings. The van der Waals surface area contributed by atoms with Crippen LogP contribution >= 0.6 is 24.0 Å². The highest BCUT2D eigenvalue weighted by Gasteiger charge is 2.32. The predicted molar refractivity (Wildman–Crippen MR) is 132 cm³/mol. The fraction of sp³-hybridized carbons (Fsp3) is 0.333. The molecule has 2 fully saturated rings. The van der Waals surface area contributed by atoms with Gasteiger partial charge in [-0.25, -0.2) is 0 Å². The minimum Gasteiger partial charge on any atom is -0.340 e. The van der Waals surface area contributed by atoms with Gasteiger partial charge in [0.05, 0.1) is 4.91 Å². The van der Waals surface area contributed by atoms with Crippen molar-refractivity contribution in [3.05, 3.63) is 70.9 Å². The standard InChI is InChI=1S/C24H26N4O2S2/c29-22(27-16-14-26(15-17-27)12-9-20-8-4-5-11-25-20)10-13-28-23(30)21(32-24(28)31)18-19-6-2-1-3-7-19/h1-8,11,18H,9-10,12-17H2. The van der Waals surface area contributed by atoms with Crippen LogP contribution in [0.5, 0.6) is 0 Å². The highest BCUT2D eigenvalue weighted by Crippen LogP contribution is 2.32. The van der Waals surface area contributed by atoms with Crippen molar-refractivity contribution in [2.45, 2.75) is 12.8 Å². The van der Waals surface area contributed by atoms with Crippen LogP contribution in [0, 0.1) is 0 Å². The van der Waals surface area contributed by atoms with Crippen molar-refractivity contribution in [2.75, 3.05) is 39.3 Å². The van der Waals surface area contributed by atoms with Crippen LogP contribution in [0.4, 0.5) is 0 Å². The first-order valence-corrected chi connectivity index (χ1v) is 12.0. The van der Waals surface area contributed by atoms with Crippen LogP contribution in [-0.4, -0.2) is 75.1 Å². The van der Waals surface area contributed by atoms with Crippen LogP contribution < -0.4 is 0 Å². The molecule has 0 N–H and O–H groups in total. The monoisotopic (exact) mass is 466 g/mol. The third-order valence-corrected chi connectivity index (χ3v) is 7.03. The number of carbonyl (C=O) groups is 2. The van der Waals surface area contributed by atoms with Crippen LogP contribution in [-0.2, 0) is 16.0 Å². The number of amides is 2. The Kier molecular flexibility index (Phi) is 7.68. The molecule has 0 aliphatic carbocycles. The van der Waals surface area contributed by atoms with E-state index in [1.165, 1.54) is 11.8 Å². The Labute approximate surface area is 198 Å². The number of nitrogens with zero attached hydrogens (tertiary/aromatic N) is 4. The van der Waals surface area contributed by atoms with Gasteiger partial charge in [-0.3, -0.25) is 24.4 Å². The molecule has 0 atom stereocenters. The third-order valence-electron chi connectivity index (χ3n) is 5.66. The van der Waals surface area contributed by atoms with Crippen LogP contribution in [0.15, 0.2) is 59.6 Å². The lowest BCUT2D eigenvalue weighted by Gasteiger charge is -2.35. The van der Waals surface area contributed by atoms with E-state index in [9.17, 15) is 9.59 Å². The number of thioether (sulfide) groups is 1. The summed E-state index contributed by atoms with van der Waals surface area (Å²) in [6, 6.07) is 15.7. The fourth-order valence-electron chi connectivity index (χ4n) is 3.80. The van der Waals surface area contributed by atoms with E-state index in [0.29, 0.717) is 35.3 Å². The van der Waals surface area contributed by atoms with Gasteiger partial charge in [0.25, 0.3) is 5.91 Å². The molecule has 1 aromatic carbocycles. The van der Waals surface area contributed by atoms with Crippen LogP contribution in [0.2, 0.25) is 0 Å². The summed E-state index contributed by atoms with van der Waals surface area (Å²) >= 11 is 6.69. The van der Waals surface area contributed by atoms with Crippen molar-refractivity contribution in [3.63, 3.8) is 0 Å². The molecule has 1 aromatic heterocycles. The summed E-state index contributed by atoms with van der Waals surface area (Å²) in [6.45, 7) is 4.43. The van der Waals surface area contributed by atoms with Gasteiger partial charge in [-0.2, -0.15) is 0 Å². The highest BCUT2D eigenvalue weighted by molar-refractivity contribution is 8.26. The molecule has 4 rings (SSSR count). The molecule has 2 saturated heterocycles. The summed E-state index contributed by atoms with van der Waals surface area (Å²) in [5.74, 6) is -0.0357. The Balaban J connectivity index is 1.22. The second kappa shape index (κ2) is 10.8. The molecule has 0 radical (unpaired) electrons. The first kappa shape index (κ1) is 22.6. The zero-order valence-corrected chi connectivity index (χ0v) is 19.5. The fourth-order valence-corrected chi connectivity index (χ4v) is 5.11. The lowest BCUT2D eigenvalue weighted by atomic mass is 10.2. The minimum absolute atomic E-state index is 0.0791. The number of hydrogen-bond donors (Lipinski definition) is 0. The number of rotatable bonds is 7. The molecule has 166 valence electrons. The van der Waals surface area contributed by atoms with Gasteiger partial charge >= 0.3 is 0 Å². The molecule has 6 nitrogen and oxygen atoms in total. The van der Waals surface area contributed by atoms with Gasteiger partial charge < -0.3 is 4.90 Å². The van der Waals surface area contributed by atoms with Gasteiger partial charge in [0, 0.05) is 64.0 Å². The van der Waals surface area contributed by atoms with E-state index in [0.717, 1.165) is 37.3 Å². The lowest BCUT2D eigenvalue weighted by molar-refractivity contribution is -0.133. The zero-order valence-electron chi connectivity index (χ0n) is 17.9.